The highest BCUT2D eigenvalue weighted by atomic mass is 16.7. The molecule has 0 aliphatic heterocycles. The Balaban J connectivity index is 1.61. The molecule has 0 saturated heterocycles. The summed E-state index contributed by atoms with van der Waals surface area (Å²) in [6.45, 7) is 1.81. The smallest absolute Gasteiger partial charge is 0.434 e. The molecule has 2 rings (SSSR count). The Morgan fingerprint density at radius 1 is 0.676 bits per heavy atom. The Kier molecular flexibility index (Phi) is 15.3. The van der Waals surface area contributed by atoms with E-state index in [0.29, 0.717) is 50.0 Å². The fourth-order valence-electron chi connectivity index (χ4n) is 6.04. The van der Waals surface area contributed by atoms with E-state index in [4.69, 9.17) is 9.47 Å². The number of nitrogens with zero attached hydrogens (tertiary/aromatic N) is 2. The summed E-state index contributed by atoms with van der Waals surface area (Å²) in [6, 6.07) is 0. The lowest BCUT2D eigenvalue weighted by atomic mass is 9.76. The van der Waals surface area contributed by atoms with Gasteiger partial charge in [0.25, 0.3) is 0 Å². The maximum Gasteiger partial charge on any atom is 0.508 e. The second-order valence-electron chi connectivity index (χ2n) is 10.1. The number of rotatable bonds is 16. The van der Waals surface area contributed by atoms with Gasteiger partial charge >= 0.3 is 6.16 Å². The number of carbonyl (C=O) groups is 1. The van der Waals surface area contributed by atoms with E-state index in [0.717, 1.165) is 38.5 Å². The van der Waals surface area contributed by atoms with Gasteiger partial charge in [0.1, 0.15) is 0 Å². The first kappa shape index (κ1) is 28.3. The van der Waals surface area contributed by atoms with Crippen LogP contribution in [0.4, 0.5) is 4.79 Å². The van der Waals surface area contributed by atoms with Gasteiger partial charge in [-0.05, 0) is 62.2 Å². The fourth-order valence-corrected chi connectivity index (χ4v) is 6.04. The average molecular weight is 477 g/mol. The van der Waals surface area contributed by atoms with Gasteiger partial charge in [0.05, 0.1) is 26.3 Å². The second kappa shape index (κ2) is 18.4. The van der Waals surface area contributed by atoms with Gasteiger partial charge in [-0.25, -0.2) is 24.4 Å². The first-order valence-electron chi connectivity index (χ1n) is 13.6. The van der Waals surface area contributed by atoms with Crippen LogP contribution in [0.3, 0.4) is 0 Å². The SMILES string of the molecule is O=C=NCCC(CCCOC(=O)OCCCC(CCN=C=O)C1CCCCC1)C1CCCCC1. The molecule has 2 unspecified atom stereocenters. The van der Waals surface area contributed by atoms with Crippen molar-refractivity contribution in [1.29, 1.82) is 0 Å². The lowest BCUT2D eigenvalue weighted by Gasteiger charge is -2.30. The van der Waals surface area contributed by atoms with Gasteiger partial charge in [0, 0.05) is 0 Å². The molecule has 192 valence electrons. The molecule has 2 saturated carbocycles. The van der Waals surface area contributed by atoms with Crippen molar-refractivity contribution in [3.63, 3.8) is 0 Å². The minimum absolute atomic E-state index is 0.368. The van der Waals surface area contributed by atoms with Crippen LogP contribution in [0, 0.1) is 23.7 Å². The molecule has 0 aromatic carbocycles. The molecule has 0 aromatic rings. The molecular formula is C27H44N2O5. The Hall–Kier alpha value is -1.97. The zero-order valence-electron chi connectivity index (χ0n) is 20.9. The van der Waals surface area contributed by atoms with E-state index in [1.54, 1.807) is 12.2 Å². The van der Waals surface area contributed by atoms with Gasteiger partial charge in [-0.3, -0.25) is 0 Å². The summed E-state index contributed by atoms with van der Waals surface area (Å²) in [4.78, 5) is 40.3. The molecule has 34 heavy (non-hydrogen) atoms. The van der Waals surface area contributed by atoms with Crippen molar-refractivity contribution in [1.82, 2.24) is 0 Å². The molecule has 0 spiro atoms. The summed E-state index contributed by atoms with van der Waals surface area (Å²) in [5, 5.41) is 0. The maximum atomic E-state index is 12.0. The van der Waals surface area contributed by atoms with Crippen LogP contribution in [0.2, 0.25) is 0 Å². The molecule has 7 nitrogen and oxygen atoms in total. The topological polar surface area (TPSA) is 94.4 Å². The highest BCUT2D eigenvalue weighted by Crippen LogP contribution is 2.35. The Morgan fingerprint density at radius 3 is 1.47 bits per heavy atom. The Morgan fingerprint density at radius 2 is 1.09 bits per heavy atom. The highest BCUT2D eigenvalue weighted by molar-refractivity contribution is 5.59. The number of isocyanates is 2. The maximum absolute atomic E-state index is 12.0. The molecule has 0 bridgehead atoms. The third-order valence-corrected chi connectivity index (χ3v) is 7.86. The molecule has 0 N–H and O–H groups in total. The van der Waals surface area contributed by atoms with Crippen molar-refractivity contribution in [2.75, 3.05) is 26.3 Å². The van der Waals surface area contributed by atoms with Crippen LogP contribution in [0.1, 0.15) is 103 Å². The van der Waals surface area contributed by atoms with Crippen molar-refractivity contribution in [3.8, 4) is 0 Å². The third-order valence-electron chi connectivity index (χ3n) is 7.86. The van der Waals surface area contributed by atoms with E-state index in [1.165, 1.54) is 64.2 Å². The lowest BCUT2D eigenvalue weighted by molar-refractivity contribution is 0.0494. The first-order chi connectivity index (χ1) is 16.7. The molecule has 0 aromatic heterocycles. The summed E-state index contributed by atoms with van der Waals surface area (Å²) in [5.41, 5.74) is 0. The fraction of sp³-hybridized carbons (Fsp3) is 0.889. The summed E-state index contributed by atoms with van der Waals surface area (Å²) >= 11 is 0. The van der Waals surface area contributed by atoms with Gasteiger partial charge in [0.2, 0.25) is 12.2 Å². The minimum Gasteiger partial charge on any atom is -0.434 e. The summed E-state index contributed by atoms with van der Waals surface area (Å²) in [6.07, 6.45) is 20.9. The van der Waals surface area contributed by atoms with E-state index >= 15 is 0 Å². The van der Waals surface area contributed by atoms with Crippen molar-refractivity contribution in [2.24, 2.45) is 33.7 Å². The molecule has 0 heterocycles. The van der Waals surface area contributed by atoms with Gasteiger partial charge < -0.3 is 9.47 Å². The van der Waals surface area contributed by atoms with Crippen LogP contribution in [0.25, 0.3) is 0 Å². The molecule has 2 aliphatic rings. The van der Waals surface area contributed by atoms with Crippen LogP contribution in [-0.2, 0) is 19.1 Å². The summed E-state index contributed by atoms with van der Waals surface area (Å²) < 4.78 is 10.6. The quantitative estimate of drug-likeness (QED) is 0.109. The van der Waals surface area contributed by atoms with Gasteiger partial charge in [0.15, 0.2) is 0 Å². The van der Waals surface area contributed by atoms with E-state index in [2.05, 4.69) is 9.98 Å². The first-order valence-corrected chi connectivity index (χ1v) is 13.6. The standard InChI is InChI=1S/C27H44N2O5/c30-21-28-17-15-25(23-9-3-1-4-10-23)13-7-19-33-27(32)34-20-8-14-26(16-18-29-22-31)24-11-5-2-6-12-24/h23-26H,1-20H2. The molecule has 0 radical (unpaired) electrons. The van der Waals surface area contributed by atoms with Crippen LogP contribution in [0.5, 0.6) is 0 Å². The number of carbonyl (C=O) groups excluding carboxylic acids is 3. The summed E-state index contributed by atoms with van der Waals surface area (Å²) in [7, 11) is 0. The van der Waals surface area contributed by atoms with Crippen LogP contribution in [0.15, 0.2) is 9.98 Å². The highest BCUT2D eigenvalue weighted by Gasteiger charge is 2.24. The second-order valence-corrected chi connectivity index (χ2v) is 10.1. The third kappa shape index (κ3) is 11.9. The van der Waals surface area contributed by atoms with Crippen molar-refractivity contribution < 1.29 is 23.9 Å². The van der Waals surface area contributed by atoms with E-state index in [-0.39, 0.29) is 0 Å². The lowest BCUT2D eigenvalue weighted by Crippen LogP contribution is -2.20. The van der Waals surface area contributed by atoms with Crippen LogP contribution in [-0.4, -0.2) is 44.6 Å². The minimum atomic E-state index is -0.584. The molecular weight excluding hydrogens is 432 g/mol. The number of hydrogen-bond acceptors (Lipinski definition) is 7. The molecule has 0 amide bonds. The monoisotopic (exact) mass is 476 g/mol. The van der Waals surface area contributed by atoms with Crippen LogP contribution >= 0.6 is 0 Å². The number of ether oxygens (including phenoxy) is 2. The Bertz CT molecular complexity index is 591. The van der Waals surface area contributed by atoms with E-state index < -0.39 is 6.16 Å². The molecule has 2 fully saturated rings. The normalized spacial score (nSPS) is 18.8. The van der Waals surface area contributed by atoms with Crippen molar-refractivity contribution >= 4 is 18.3 Å². The molecule has 2 aliphatic carbocycles. The predicted octanol–water partition coefficient (Wildman–Crippen LogP) is 6.54. The van der Waals surface area contributed by atoms with Crippen molar-refractivity contribution in [2.45, 2.75) is 103 Å². The van der Waals surface area contributed by atoms with Gasteiger partial charge in [-0.2, -0.15) is 0 Å². The predicted molar refractivity (Wildman–Crippen MR) is 131 cm³/mol. The zero-order chi connectivity index (χ0) is 24.3. The zero-order valence-corrected chi connectivity index (χ0v) is 20.9. The average Bonchev–Trinajstić information content (AvgIpc) is 2.88. The largest absolute Gasteiger partial charge is 0.508 e. The van der Waals surface area contributed by atoms with Crippen molar-refractivity contribution in [3.05, 3.63) is 0 Å². The number of hydrogen-bond donors (Lipinski definition) is 0. The van der Waals surface area contributed by atoms with E-state index in [9.17, 15) is 14.4 Å². The van der Waals surface area contributed by atoms with Gasteiger partial charge in [-0.15, -0.1) is 0 Å². The molecule has 2 atom stereocenters. The van der Waals surface area contributed by atoms with Gasteiger partial charge in [-0.1, -0.05) is 64.2 Å². The summed E-state index contributed by atoms with van der Waals surface area (Å²) in [5.74, 6) is 2.43. The number of aliphatic imine (C=N–C) groups is 2. The van der Waals surface area contributed by atoms with E-state index in [1.807, 2.05) is 0 Å². The van der Waals surface area contributed by atoms with Crippen LogP contribution < -0.4 is 0 Å². The molecule has 7 heteroatoms. The Labute approximate surface area is 205 Å².